The minimum absolute atomic E-state index is 0.0669. The molecule has 0 saturated heterocycles. The van der Waals surface area contributed by atoms with Gasteiger partial charge in [0.15, 0.2) is 0 Å². The van der Waals surface area contributed by atoms with Gasteiger partial charge < -0.3 is 31.8 Å². The third-order valence-corrected chi connectivity index (χ3v) is 4.85. The van der Waals surface area contributed by atoms with E-state index in [2.05, 4.69) is 38.5 Å². The second-order valence-corrected chi connectivity index (χ2v) is 7.36. The van der Waals surface area contributed by atoms with Crippen LogP contribution in [0.2, 0.25) is 0 Å². The number of aromatic amines is 1. The zero-order valence-corrected chi connectivity index (χ0v) is 18.0. The number of imidazole rings is 1. The maximum atomic E-state index is 12.5. The van der Waals surface area contributed by atoms with Crippen molar-refractivity contribution in [1.82, 2.24) is 25.9 Å². The van der Waals surface area contributed by atoms with Crippen molar-refractivity contribution in [3.8, 4) is 0 Å². The van der Waals surface area contributed by atoms with Crippen molar-refractivity contribution < 1.29 is 24.3 Å². The van der Waals surface area contributed by atoms with Crippen LogP contribution in [0.1, 0.15) is 11.3 Å². The van der Waals surface area contributed by atoms with E-state index in [0.29, 0.717) is 5.69 Å². The Hall–Kier alpha value is -3.38. The van der Waals surface area contributed by atoms with E-state index in [1.165, 1.54) is 12.5 Å². The van der Waals surface area contributed by atoms with Crippen LogP contribution < -0.4 is 21.7 Å². The van der Waals surface area contributed by atoms with E-state index in [0.717, 1.165) is 5.56 Å². The molecule has 2 aromatic rings. The Balaban J connectivity index is 1.83. The molecule has 0 radical (unpaired) electrons. The highest BCUT2D eigenvalue weighted by Gasteiger charge is 2.26. The number of nitrogens with one attached hydrogen (secondary N) is 4. The second-order valence-electron chi connectivity index (χ2n) is 7.00. The molecule has 1 heterocycles. The van der Waals surface area contributed by atoms with Gasteiger partial charge in [-0.25, -0.2) is 9.78 Å². The molecule has 3 atom stereocenters. The van der Waals surface area contributed by atoms with Gasteiger partial charge >= 0.3 is 5.97 Å². The summed E-state index contributed by atoms with van der Waals surface area (Å²) >= 11 is 4.05. The lowest BCUT2D eigenvalue weighted by Crippen LogP contribution is -2.55. The fourth-order valence-corrected chi connectivity index (χ4v) is 3.04. The number of rotatable bonds is 12. The van der Waals surface area contributed by atoms with Crippen LogP contribution in [0.3, 0.4) is 0 Å². The molecule has 12 heteroatoms. The number of carboxylic acid groups (broad SMARTS) is 1. The van der Waals surface area contributed by atoms with E-state index in [1.54, 1.807) is 30.3 Å². The topological polar surface area (TPSA) is 179 Å². The summed E-state index contributed by atoms with van der Waals surface area (Å²) in [6.45, 7) is -0.403. The fraction of sp³-hybridized carbons (Fsp3) is 0.350. The molecular formula is C20H26N6O5S. The van der Waals surface area contributed by atoms with Gasteiger partial charge in [-0.1, -0.05) is 30.3 Å². The van der Waals surface area contributed by atoms with Gasteiger partial charge in [0.25, 0.3) is 0 Å². The number of aromatic nitrogens is 2. The Morgan fingerprint density at radius 3 is 2.38 bits per heavy atom. The van der Waals surface area contributed by atoms with Crippen LogP contribution in [0, 0.1) is 0 Å². The smallest absolute Gasteiger partial charge is 0.326 e. The predicted molar refractivity (Wildman–Crippen MR) is 119 cm³/mol. The number of aliphatic carboxylic acids is 1. The first-order chi connectivity index (χ1) is 15.3. The molecule has 0 aliphatic heterocycles. The monoisotopic (exact) mass is 462 g/mol. The van der Waals surface area contributed by atoms with E-state index < -0.39 is 48.4 Å². The van der Waals surface area contributed by atoms with Crippen LogP contribution in [0.5, 0.6) is 0 Å². The van der Waals surface area contributed by atoms with Crippen molar-refractivity contribution in [2.45, 2.75) is 31.0 Å². The number of hydrogen-bond acceptors (Lipinski definition) is 7. The Kier molecular flexibility index (Phi) is 9.70. The van der Waals surface area contributed by atoms with Crippen LogP contribution in [0.15, 0.2) is 42.9 Å². The van der Waals surface area contributed by atoms with Crippen LogP contribution in [0.25, 0.3) is 0 Å². The number of nitrogens with two attached hydrogens (primary N) is 1. The summed E-state index contributed by atoms with van der Waals surface area (Å²) in [5.41, 5.74) is 7.20. The highest BCUT2D eigenvalue weighted by atomic mass is 32.1. The molecule has 0 spiro atoms. The lowest BCUT2D eigenvalue weighted by atomic mass is 10.1. The zero-order chi connectivity index (χ0) is 23.5. The van der Waals surface area contributed by atoms with Crippen molar-refractivity contribution in [2.24, 2.45) is 5.73 Å². The van der Waals surface area contributed by atoms with Crippen molar-refractivity contribution in [3.05, 3.63) is 54.1 Å². The summed E-state index contributed by atoms with van der Waals surface area (Å²) in [6.07, 6.45) is 3.30. The molecule has 0 aliphatic rings. The molecule has 172 valence electrons. The fourth-order valence-electron chi connectivity index (χ4n) is 2.79. The molecule has 0 fully saturated rings. The van der Waals surface area contributed by atoms with Crippen LogP contribution in [-0.2, 0) is 32.0 Å². The lowest BCUT2D eigenvalue weighted by molar-refractivity contribution is -0.142. The highest BCUT2D eigenvalue weighted by Crippen LogP contribution is 2.04. The van der Waals surface area contributed by atoms with Crippen LogP contribution in [-0.4, -0.2) is 69.2 Å². The van der Waals surface area contributed by atoms with Gasteiger partial charge in [0.2, 0.25) is 17.7 Å². The molecular weight excluding hydrogens is 436 g/mol. The van der Waals surface area contributed by atoms with Gasteiger partial charge in [-0.3, -0.25) is 14.4 Å². The number of carboxylic acids is 1. The van der Waals surface area contributed by atoms with Gasteiger partial charge in [0.1, 0.15) is 12.1 Å². The first-order valence-corrected chi connectivity index (χ1v) is 10.4. The number of benzene rings is 1. The third kappa shape index (κ3) is 8.04. The van der Waals surface area contributed by atoms with Gasteiger partial charge in [-0.2, -0.15) is 12.6 Å². The largest absolute Gasteiger partial charge is 0.480 e. The molecule has 0 bridgehead atoms. The highest BCUT2D eigenvalue weighted by molar-refractivity contribution is 7.80. The van der Waals surface area contributed by atoms with Gasteiger partial charge in [-0.15, -0.1) is 0 Å². The van der Waals surface area contributed by atoms with Crippen LogP contribution >= 0.6 is 12.6 Å². The second kappa shape index (κ2) is 12.5. The van der Waals surface area contributed by atoms with E-state index in [4.69, 9.17) is 5.73 Å². The molecule has 3 unspecified atom stereocenters. The predicted octanol–water partition coefficient (Wildman–Crippen LogP) is -1.38. The Morgan fingerprint density at radius 2 is 1.78 bits per heavy atom. The van der Waals surface area contributed by atoms with Crippen molar-refractivity contribution >= 4 is 36.3 Å². The normalized spacial score (nSPS) is 13.4. The van der Waals surface area contributed by atoms with E-state index in [1.807, 2.05) is 0 Å². The van der Waals surface area contributed by atoms with Crippen molar-refractivity contribution in [1.29, 1.82) is 0 Å². The molecule has 3 amide bonds. The number of carbonyl (C=O) groups is 4. The van der Waals surface area contributed by atoms with E-state index >= 15 is 0 Å². The number of H-pyrrole nitrogens is 1. The summed E-state index contributed by atoms with van der Waals surface area (Å²) in [5, 5.41) is 16.6. The van der Waals surface area contributed by atoms with Crippen LogP contribution in [0.4, 0.5) is 0 Å². The summed E-state index contributed by atoms with van der Waals surface area (Å²) in [6, 6.07) is 5.68. The molecule has 0 aliphatic carbocycles. The quantitative estimate of drug-likeness (QED) is 0.190. The van der Waals surface area contributed by atoms with Crippen molar-refractivity contribution in [3.63, 3.8) is 0 Å². The number of carbonyl (C=O) groups excluding carboxylic acids is 3. The number of amides is 3. The average Bonchev–Trinajstić information content (AvgIpc) is 3.28. The van der Waals surface area contributed by atoms with Gasteiger partial charge in [-0.05, 0) is 5.56 Å². The van der Waals surface area contributed by atoms with Gasteiger partial charge in [0, 0.05) is 30.5 Å². The molecule has 7 N–H and O–H groups in total. The number of thiol groups is 1. The standard InChI is InChI=1S/C20H26N6O5S/c21-14(7-13-8-22-11-24-13)18(28)23-9-17(27)25-16(10-32)19(29)26-15(20(30)31)6-12-4-2-1-3-5-12/h1-5,8,11,14-16,32H,6-7,9-10,21H2,(H,22,24)(H,23,28)(H,25,27)(H,26,29)(H,30,31). The van der Waals surface area contributed by atoms with Crippen molar-refractivity contribution in [2.75, 3.05) is 12.3 Å². The molecule has 32 heavy (non-hydrogen) atoms. The third-order valence-electron chi connectivity index (χ3n) is 4.49. The maximum absolute atomic E-state index is 12.5. The molecule has 2 rings (SSSR count). The van der Waals surface area contributed by atoms with E-state index in [-0.39, 0.29) is 18.6 Å². The molecule has 11 nitrogen and oxygen atoms in total. The zero-order valence-electron chi connectivity index (χ0n) is 17.2. The summed E-state index contributed by atoms with van der Waals surface area (Å²) in [4.78, 5) is 54.9. The number of nitrogens with zero attached hydrogens (tertiary/aromatic N) is 1. The Bertz CT molecular complexity index is 908. The first-order valence-electron chi connectivity index (χ1n) is 9.78. The Morgan fingerprint density at radius 1 is 1.06 bits per heavy atom. The number of hydrogen-bond donors (Lipinski definition) is 7. The Labute approximate surface area is 190 Å². The summed E-state index contributed by atoms with van der Waals surface area (Å²) in [7, 11) is 0. The average molecular weight is 463 g/mol. The minimum atomic E-state index is -1.20. The summed E-state index contributed by atoms with van der Waals surface area (Å²) < 4.78 is 0. The minimum Gasteiger partial charge on any atom is -0.480 e. The lowest BCUT2D eigenvalue weighted by Gasteiger charge is -2.20. The summed E-state index contributed by atoms with van der Waals surface area (Å²) in [5.74, 6) is -3.15. The SMILES string of the molecule is NC(Cc1cnc[nH]1)C(=O)NCC(=O)NC(CS)C(=O)NC(Cc1ccccc1)C(=O)O. The maximum Gasteiger partial charge on any atom is 0.326 e. The van der Waals surface area contributed by atoms with E-state index in [9.17, 15) is 24.3 Å². The molecule has 0 saturated carbocycles. The molecule has 1 aromatic heterocycles. The molecule has 1 aromatic carbocycles. The van der Waals surface area contributed by atoms with Gasteiger partial charge in [0.05, 0.1) is 18.9 Å². The first kappa shape index (κ1) is 24.9.